The van der Waals surface area contributed by atoms with E-state index in [9.17, 15) is 22.4 Å². The number of piperidine rings is 1. The zero-order valence-corrected chi connectivity index (χ0v) is 24.6. The summed E-state index contributed by atoms with van der Waals surface area (Å²) in [6.45, 7) is 1.23. The number of hydrogen-bond acceptors (Lipinski definition) is 6. The van der Waals surface area contributed by atoms with Crippen LogP contribution in [0.1, 0.15) is 37.7 Å². The first kappa shape index (κ1) is 30.2. The van der Waals surface area contributed by atoms with E-state index in [0.717, 1.165) is 17.7 Å². The van der Waals surface area contributed by atoms with Gasteiger partial charge in [0.15, 0.2) is 0 Å². The van der Waals surface area contributed by atoms with E-state index in [0.29, 0.717) is 51.7 Å². The minimum absolute atomic E-state index is 0.0756. The standard InChI is InChI=1S/C31H38FN3O6S/c1-40-27-11-10-24(32)20-28(27)42(38,39)35-16-12-25-23(21-35)9-5-6-13-31(14-17-41-18-15-31)30(37)34-26(29(36)33-25)19-22-7-3-2-4-8-22/h2-8,10-11,20,23,25-26H,9,12-19,21H2,1H3,(H,33,36)(H,34,37)/b6-5+/t23-,25+,26-/m1/s1. The number of ether oxygens (including phenoxy) is 2. The molecule has 9 nitrogen and oxygen atoms in total. The number of halogens is 1. The van der Waals surface area contributed by atoms with Gasteiger partial charge < -0.3 is 20.1 Å². The zero-order valence-electron chi connectivity index (χ0n) is 23.8. The molecule has 0 saturated carbocycles. The average Bonchev–Trinajstić information content (AvgIpc) is 3.00. The van der Waals surface area contributed by atoms with Gasteiger partial charge in [-0.25, -0.2) is 12.8 Å². The molecule has 0 radical (unpaired) electrons. The van der Waals surface area contributed by atoms with Crippen molar-refractivity contribution in [2.45, 2.75) is 55.5 Å². The van der Waals surface area contributed by atoms with Crippen molar-refractivity contribution in [1.29, 1.82) is 0 Å². The molecule has 0 aromatic heterocycles. The monoisotopic (exact) mass is 599 g/mol. The summed E-state index contributed by atoms with van der Waals surface area (Å²) in [7, 11) is -2.71. The van der Waals surface area contributed by atoms with Crippen molar-refractivity contribution in [2.75, 3.05) is 33.4 Å². The van der Waals surface area contributed by atoms with Crippen molar-refractivity contribution in [3.8, 4) is 5.75 Å². The van der Waals surface area contributed by atoms with Gasteiger partial charge in [0.25, 0.3) is 0 Å². The summed E-state index contributed by atoms with van der Waals surface area (Å²) in [5, 5.41) is 6.21. The molecular weight excluding hydrogens is 561 g/mol. The van der Waals surface area contributed by atoms with Crippen molar-refractivity contribution in [2.24, 2.45) is 11.3 Å². The fourth-order valence-corrected chi connectivity index (χ4v) is 7.84. The van der Waals surface area contributed by atoms with Crippen LogP contribution in [0.3, 0.4) is 0 Å². The van der Waals surface area contributed by atoms with Gasteiger partial charge in [0.2, 0.25) is 21.8 Å². The van der Waals surface area contributed by atoms with Crippen LogP contribution < -0.4 is 15.4 Å². The van der Waals surface area contributed by atoms with Gasteiger partial charge in [-0.15, -0.1) is 0 Å². The Labute approximate surface area is 246 Å². The molecule has 2 amide bonds. The number of sulfonamides is 1. The van der Waals surface area contributed by atoms with Gasteiger partial charge in [0.1, 0.15) is 22.5 Å². The molecule has 42 heavy (non-hydrogen) atoms. The SMILES string of the molecule is COc1ccc(F)cc1S(=O)(=O)N1CC[C@@H]2NC(=O)[C@@H](Cc3ccccc3)NC(=O)C3(C/C=C/C[C@@H]2C1)CCOCC3. The number of benzene rings is 2. The summed E-state index contributed by atoms with van der Waals surface area (Å²) in [5.41, 5.74) is 0.241. The Balaban J connectivity index is 1.43. The largest absolute Gasteiger partial charge is 0.495 e. The fourth-order valence-electron chi connectivity index (χ4n) is 6.16. The zero-order chi connectivity index (χ0) is 29.7. The third-order valence-corrected chi connectivity index (χ3v) is 10.6. The molecule has 2 aromatic carbocycles. The number of fused-ring (bicyclic) bond motifs is 1. The Kier molecular flexibility index (Phi) is 9.29. The number of nitrogens with zero attached hydrogens (tertiary/aromatic N) is 1. The van der Waals surface area contributed by atoms with Gasteiger partial charge in [-0.05, 0) is 61.8 Å². The second kappa shape index (κ2) is 12.9. The average molecular weight is 600 g/mol. The van der Waals surface area contributed by atoms with E-state index in [4.69, 9.17) is 9.47 Å². The first-order chi connectivity index (χ1) is 20.2. The summed E-state index contributed by atoms with van der Waals surface area (Å²) in [5.74, 6) is -1.26. The predicted octanol–water partition coefficient (Wildman–Crippen LogP) is 3.20. The van der Waals surface area contributed by atoms with Crippen molar-refractivity contribution < 1.29 is 31.9 Å². The molecule has 2 N–H and O–H groups in total. The third kappa shape index (κ3) is 6.53. The first-order valence-corrected chi connectivity index (χ1v) is 15.9. The van der Waals surface area contributed by atoms with Crippen LogP contribution in [0.5, 0.6) is 5.75 Å². The summed E-state index contributed by atoms with van der Waals surface area (Å²) < 4.78 is 53.5. The van der Waals surface area contributed by atoms with Gasteiger partial charge in [0.05, 0.1) is 12.5 Å². The Bertz CT molecular complexity index is 1410. The molecule has 0 aliphatic carbocycles. The van der Waals surface area contributed by atoms with Crippen LogP contribution in [-0.2, 0) is 30.8 Å². The van der Waals surface area contributed by atoms with E-state index in [1.54, 1.807) is 0 Å². The second-order valence-electron chi connectivity index (χ2n) is 11.3. The predicted molar refractivity (Wildman–Crippen MR) is 155 cm³/mol. The molecule has 2 fully saturated rings. The molecule has 1 spiro atoms. The number of hydrogen-bond donors (Lipinski definition) is 2. The lowest BCUT2D eigenvalue weighted by Gasteiger charge is -2.40. The van der Waals surface area contributed by atoms with Crippen LogP contribution in [0, 0.1) is 17.2 Å². The van der Waals surface area contributed by atoms with E-state index in [1.807, 2.05) is 42.5 Å². The molecule has 0 unspecified atom stereocenters. The number of methoxy groups -OCH3 is 1. The molecular formula is C31H38FN3O6S. The molecule has 2 saturated heterocycles. The molecule has 2 aromatic rings. The molecule has 226 valence electrons. The number of amides is 2. The molecule has 11 heteroatoms. The van der Waals surface area contributed by atoms with Crippen molar-refractivity contribution in [3.63, 3.8) is 0 Å². The number of carbonyl (C=O) groups is 2. The fraction of sp³-hybridized carbons (Fsp3) is 0.484. The Morgan fingerprint density at radius 3 is 2.57 bits per heavy atom. The molecule has 3 aliphatic heterocycles. The quantitative estimate of drug-likeness (QED) is 0.511. The van der Waals surface area contributed by atoms with Crippen LogP contribution >= 0.6 is 0 Å². The van der Waals surface area contributed by atoms with E-state index < -0.39 is 27.3 Å². The van der Waals surface area contributed by atoms with Crippen LogP contribution in [-0.4, -0.2) is 70.0 Å². The highest BCUT2D eigenvalue weighted by molar-refractivity contribution is 7.89. The second-order valence-corrected chi connectivity index (χ2v) is 13.2. The first-order valence-electron chi connectivity index (χ1n) is 14.4. The summed E-state index contributed by atoms with van der Waals surface area (Å²) in [4.78, 5) is 27.3. The van der Waals surface area contributed by atoms with Crippen LogP contribution in [0.15, 0.2) is 65.6 Å². The molecule has 3 atom stereocenters. The van der Waals surface area contributed by atoms with Crippen LogP contribution in [0.25, 0.3) is 0 Å². The third-order valence-electron chi connectivity index (χ3n) is 8.72. The highest BCUT2D eigenvalue weighted by Crippen LogP contribution is 2.36. The van der Waals surface area contributed by atoms with E-state index in [-0.39, 0.29) is 47.5 Å². The Morgan fingerprint density at radius 1 is 1.07 bits per heavy atom. The summed E-state index contributed by atoms with van der Waals surface area (Å²) in [6, 6.07) is 11.9. The lowest BCUT2D eigenvalue weighted by Crippen LogP contribution is -2.58. The number of rotatable bonds is 5. The van der Waals surface area contributed by atoms with Gasteiger partial charge in [-0.1, -0.05) is 42.5 Å². The summed E-state index contributed by atoms with van der Waals surface area (Å²) in [6.07, 6.45) is 6.80. The van der Waals surface area contributed by atoms with Gasteiger partial charge >= 0.3 is 0 Å². The lowest BCUT2D eigenvalue weighted by atomic mass is 9.75. The lowest BCUT2D eigenvalue weighted by molar-refractivity contribution is -0.140. The minimum Gasteiger partial charge on any atom is -0.495 e. The molecule has 3 aliphatic rings. The van der Waals surface area contributed by atoms with E-state index in [2.05, 4.69) is 10.6 Å². The maximum atomic E-state index is 14.1. The molecule has 0 bridgehead atoms. The Hall–Kier alpha value is -3.28. The van der Waals surface area contributed by atoms with E-state index in [1.165, 1.54) is 17.5 Å². The smallest absolute Gasteiger partial charge is 0.246 e. The number of allylic oxidation sites excluding steroid dienone is 2. The van der Waals surface area contributed by atoms with Gasteiger partial charge in [-0.2, -0.15) is 4.31 Å². The molecule has 3 heterocycles. The van der Waals surface area contributed by atoms with E-state index >= 15 is 0 Å². The molecule has 5 rings (SSSR count). The minimum atomic E-state index is -4.06. The highest BCUT2D eigenvalue weighted by atomic mass is 32.2. The van der Waals surface area contributed by atoms with Crippen molar-refractivity contribution in [3.05, 3.63) is 72.1 Å². The van der Waals surface area contributed by atoms with Gasteiger partial charge in [-0.3, -0.25) is 9.59 Å². The van der Waals surface area contributed by atoms with Gasteiger partial charge in [0, 0.05) is 38.8 Å². The highest BCUT2D eigenvalue weighted by Gasteiger charge is 2.42. The summed E-state index contributed by atoms with van der Waals surface area (Å²) >= 11 is 0. The van der Waals surface area contributed by atoms with Crippen LogP contribution in [0.4, 0.5) is 4.39 Å². The maximum Gasteiger partial charge on any atom is 0.246 e. The van der Waals surface area contributed by atoms with Crippen molar-refractivity contribution in [1.82, 2.24) is 14.9 Å². The maximum absolute atomic E-state index is 14.1. The van der Waals surface area contributed by atoms with Crippen molar-refractivity contribution >= 4 is 21.8 Å². The van der Waals surface area contributed by atoms with Crippen LogP contribution in [0.2, 0.25) is 0 Å². The number of carbonyl (C=O) groups excluding carboxylic acids is 2. The Morgan fingerprint density at radius 2 is 1.83 bits per heavy atom. The number of nitrogens with one attached hydrogen (secondary N) is 2. The topological polar surface area (TPSA) is 114 Å². The normalized spacial score (nSPS) is 26.2.